The third kappa shape index (κ3) is 3.52. The van der Waals surface area contributed by atoms with Crippen LogP contribution in [0.5, 0.6) is 0 Å². The lowest BCUT2D eigenvalue weighted by molar-refractivity contribution is -0.131. The van der Waals surface area contributed by atoms with Crippen LogP contribution in [0.25, 0.3) is 0 Å². The highest BCUT2D eigenvalue weighted by Gasteiger charge is 2.35. The van der Waals surface area contributed by atoms with Crippen LogP contribution in [-0.2, 0) is 20.8 Å². The number of hydrogen-bond acceptors (Lipinski definition) is 7. The summed E-state index contributed by atoms with van der Waals surface area (Å²) in [6.07, 6.45) is -0.765. The highest BCUT2D eigenvalue weighted by atomic mass is 16.6. The fourth-order valence-electron chi connectivity index (χ4n) is 3.27. The number of carbonyl (C=O) groups excluding carboxylic acids is 5. The van der Waals surface area contributed by atoms with E-state index in [4.69, 9.17) is 4.74 Å². The minimum atomic E-state index is -0.765. The average molecular weight is 408 g/mol. The van der Waals surface area contributed by atoms with E-state index >= 15 is 0 Å². The number of hydrogen-bond donors (Lipinski definition) is 0. The van der Waals surface area contributed by atoms with E-state index in [9.17, 15) is 24.0 Å². The van der Waals surface area contributed by atoms with Gasteiger partial charge in [0, 0.05) is 0 Å². The number of esters is 1. The molecular formula is C21H16N2O7. The standard InChI is InChI=1S/C21H16N2O7/c24-17(22-8-9-29-21(22)28)12-30-20(27)14-5-3-4-13(10-14)11-23-18(25)15-6-1-2-7-16(15)19(23)26/h1-7,10H,8-9,11-12H2. The van der Waals surface area contributed by atoms with Gasteiger partial charge in [0.1, 0.15) is 6.61 Å². The molecule has 9 heteroatoms. The Morgan fingerprint density at radius 1 is 0.967 bits per heavy atom. The second-order valence-electron chi connectivity index (χ2n) is 6.68. The maximum atomic E-state index is 12.5. The largest absolute Gasteiger partial charge is 0.452 e. The summed E-state index contributed by atoms with van der Waals surface area (Å²) in [5.74, 6) is -2.23. The summed E-state index contributed by atoms with van der Waals surface area (Å²) in [4.78, 5) is 62.5. The van der Waals surface area contributed by atoms with Crippen LogP contribution in [0, 0.1) is 0 Å². The highest BCUT2D eigenvalue weighted by molar-refractivity contribution is 6.21. The molecule has 152 valence electrons. The first-order chi connectivity index (χ1) is 14.5. The number of amides is 4. The van der Waals surface area contributed by atoms with Gasteiger partial charge in [-0.25, -0.2) is 14.5 Å². The van der Waals surface area contributed by atoms with Gasteiger partial charge in [-0.05, 0) is 29.8 Å². The van der Waals surface area contributed by atoms with Crippen molar-refractivity contribution in [2.24, 2.45) is 0 Å². The summed E-state index contributed by atoms with van der Waals surface area (Å²) in [5, 5.41) is 0. The number of imide groups is 2. The molecule has 2 aromatic carbocycles. The van der Waals surface area contributed by atoms with E-state index in [-0.39, 0.29) is 25.3 Å². The quantitative estimate of drug-likeness (QED) is 0.546. The summed E-state index contributed by atoms with van der Waals surface area (Å²) in [6, 6.07) is 12.8. The predicted octanol–water partition coefficient (Wildman–Crippen LogP) is 1.62. The molecule has 0 unspecified atom stereocenters. The van der Waals surface area contributed by atoms with Gasteiger partial charge in [-0.2, -0.15) is 0 Å². The average Bonchev–Trinajstić information content (AvgIpc) is 3.29. The molecule has 2 heterocycles. The number of carbonyl (C=O) groups is 5. The second-order valence-corrected chi connectivity index (χ2v) is 6.68. The molecular weight excluding hydrogens is 392 g/mol. The van der Waals surface area contributed by atoms with Gasteiger partial charge in [0.05, 0.1) is 29.8 Å². The van der Waals surface area contributed by atoms with Crippen molar-refractivity contribution in [2.75, 3.05) is 19.8 Å². The third-order valence-corrected chi connectivity index (χ3v) is 4.77. The Labute approximate surface area is 170 Å². The van der Waals surface area contributed by atoms with Crippen molar-refractivity contribution in [3.63, 3.8) is 0 Å². The maximum absolute atomic E-state index is 12.5. The highest BCUT2D eigenvalue weighted by Crippen LogP contribution is 2.24. The lowest BCUT2D eigenvalue weighted by Gasteiger charge is -2.14. The third-order valence-electron chi connectivity index (χ3n) is 4.77. The Morgan fingerprint density at radius 2 is 1.67 bits per heavy atom. The topological polar surface area (TPSA) is 110 Å². The second kappa shape index (κ2) is 7.78. The lowest BCUT2D eigenvalue weighted by Crippen LogP contribution is -2.35. The zero-order valence-corrected chi connectivity index (χ0v) is 15.7. The first kappa shape index (κ1) is 19.3. The number of benzene rings is 2. The van der Waals surface area contributed by atoms with Gasteiger partial charge in [-0.15, -0.1) is 0 Å². The molecule has 30 heavy (non-hydrogen) atoms. The maximum Gasteiger partial charge on any atom is 0.416 e. The van der Waals surface area contributed by atoms with Crippen molar-refractivity contribution >= 4 is 29.8 Å². The first-order valence-corrected chi connectivity index (χ1v) is 9.14. The van der Waals surface area contributed by atoms with Gasteiger partial charge in [0.15, 0.2) is 6.61 Å². The molecule has 1 saturated heterocycles. The Morgan fingerprint density at radius 3 is 2.30 bits per heavy atom. The van der Waals surface area contributed by atoms with Gasteiger partial charge >= 0.3 is 12.1 Å². The number of cyclic esters (lactones) is 1. The number of ether oxygens (including phenoxy) is 2. The van der Waals surface area contributed by atoms with E-state index in [0.29, 0.717) is 16.7 Å². The van der Waals surface area contributed by atoms with Gasteiger partial charge < -0.3 is 9.47 Å². The van der Waals surface area contributed by atoms with Crippen molar-refractivity contribution < 1.29 is 33.4 Å². The molecule has 0 aliphatic carbocycles. The van der Waals surface area contributed by atoms with Crippen LogP contribution in [0.1, 0.15) is 36.6 Å². The van der Waals surface area contributed by atoms with Crippen LogP contribution in [0.4, 0.5) is 4.79 Å². The normalized spacial score (nSPS) is 15.3. The summed E-state index contributed by atoms with van der Waals surface area (Å²) < 4.78 is 9.65. The van der Waals surface area contributed by atoms with E-state index in [1.165, 1.54) is 12.1 Å². The van der Waals surface area contributed by atoms with Crippen molar-refractivity contribution in [3.05, 3.63) is 70.8 Å². The van der Waals surface area contributed by atoms with Crippen molar-refractivity contribution in [1.82, 2.24) is 9.80 Å². The van der Waals surface area contributed by atoms with Crippen LogP contribution < -0.4 is 0 Å². The summed E-state index contributed by atoms with van der Waals surface area (Å²) >= 11 is 0. The van der Waals surface area contributed by atoms with Crippen molar-refractivity contribution in [3.8, 4) is 0 Å². The zero-order chi connectivity index (χ0) is 21.3. The molecule has 4 amide bonds. The molecule has 4 rings (SSSR count). The van der Waals surface area contributed by atoms with Crippen LogP contribution in [-0.4, -0.2) is 59.3 Å². The summed E-state index contributed by atoms with van der Waals surface area (Å²) in [7, 11) is 0. The Balaban J connectivity index is 1.41. The lowest BCUT2D eigenvalue weighted by atomic mass is 10.1. The Kier molecular flexibility index (Phi) is 5.01. The summed E-state index contributed by atoms with van der Waals surface area (Å²) in [6.45, 7) is -0.383. The van der Waals surface area contributed by atoms with E-state index in [2.05, 4.69) is 4.74 Å². The van der Waals surface area contributed by atoms with Gasteiger partial charge in [-0.1, -0.05) is 24.3 Å². The van der Waals surface area contributed by atoms with Crippen molar-refractivity contribution in [2.45, 2.75) is 6.54 Å². The van der Waals surface area contributed by atoms with Gasteiger partial charge in [-0.3, -0.25) is 19.3 Å². The van der Waals surface area contributed by atoms with Crippen molar-refractivity contribution in [1.29, 1.82) is 0 Å². The van der Waals surface area contributed by atoms with E-state index in [1.807, 2.05) is 0 Å². The molecule has 0 N–H and O–H groups in total. The van der Waals surface area contributed by atoms with Crippen LogP contribution in [0.2, 0.25) is 0 Å². The molecule has 0 saturated carbocycles. The Bertz CT molecular complexity index is 1040. The fraction of sp³-hybridized carbons (Fsp3) is 0.190. The minimum absolute atomic E-state index is 0.00792. The van der Waals surface area contributed by atoms with Gasteiger partial charge in [0.2, 0.25) is 0 Å². The molecule has 1 fully saturated rings. The van der Waals surface area contributed by atoms with Gasteiger partial charge in [0.25, 0.3) is 17.7 Å². The van der Waals surface area contributed by atoms with Crippen LogP contribution >= 0.6 is 0 Å². The number of nitrogens with zero attached hydrogens (tertiary/aromatic N) is 2. The van der Waals surface area contributed by atoms with Crippen LogP contribution in [0.3, 0.4) is 0 Å². The monoisotopic (exact) mass is 408 g/mol. The first-order valence-electron chi connectivity index (χ1n) is 9.14. The molecule has 2 aromatic rings. The molecule has 2 aliphatic rings. The fourth-order valence-corrected chi connectivity index (χ4v) is 3.27. The minimum Gasteiger partial charge on any atom is -0.452 e. The smallest absolute Gasteiger partial charge is 0.416 e. The molecule has 0 radical (unpaired) electrons. The molecule has 0 bridgehead atoms. The molecule has 2 aliphatic heterocycles. The number of fused-ring (bicyclic) bond motifs is 1. The molecule has 0 spiro atoms. The summed E-state index contributed by atoms with van der Waals surface area (Å²) in [5.41, 5.74) is 1.39. The van der Waals surface area contributed by atoms with E-state index in [0.717, 1.165) is 9.80 Å². The predicted molar refractivity (Wildman–Crippen MR) is 100 cm³/mol. The van der Waals surface area contributed by atoms with Crippen LogP contribution in [0.15, 0.2) is 48.5 Å². The van der Waals surface area contributed by atoms with E-state index in [1.54, 1.807) is 36.4 Å². The zero-order valence-electron chi connectivity index (χ0n) is 15.7. The SMILES string of the molecule is O=C(OCC(=O)N1CCOC1=O)c1cccc(CN2C(=O)c3ccccc3C2=O)c1. The number of rotatable bonds is 5. The molecule has 0 aromatic heterocycles. The molecule has 0 atom stereocenters. The molecule has 9 nitrogen and oxygen atoms in total. The Hall–Kier alpha value is -4.01. The van der Waals surface area contributed by atoms with E-state index < -0.39 is 36.4 Å².